The molecule has 0 saturated carbocycles. The molecule has 13 heteroatoms. The number of fused-ring (bicyclic) bond motifs is 1. The maximum atomic E-state index is 13.4. The van der Waals surface area contributed by atoms with Crippen LogP contribution in [0, 0.1) is 0 Å². The molecule has 2 aromatic heterocycles. The van der Waals surface area contributed by atoms with E-state index in [1.165, 1.54) is 42.6 Å². The molecule has 2 heterocycles. The summed E-state index contributed by atoms with van der Waals surface area (Å²) < 4.78 is 65.8. The first-order chi connectivity index (χ1) is 17.7. The Bertz CT molecular complexity index is 1690. The molecule has 0 aliphatic rings. The molecule has 2 N–H and O–H groups in total. The van der Waals surface area contributed by atoms with Crippen LogP contribution in [0.4, 0.5) is 16.3 Å². The van der Waals surface area contributed by atoms with Crippen molar-refractivity contribution in [3.8, 4) is 0 Å². The predicted octanol–water partition coefficient (Wildman–Crippen LogP) is 5.60. The van der Waals surface area contributed by atoms with Crippen LogP contribution >= 0.6 is 11.6 Å². The fraction of sp³-hybridized carbons (Fsp3) is 0.200. The molecule has 4 rings (SSSR count). The Morgan fingerprint density at radius 2 is 1.76 bits per heavy atom. The van der Waals surface area contributed by atoms with Crippen molar-refractivity contribution < 1.29 is 30.8 Å². The summed E-state index contributed by atoms with van der Waals surface area (Å²) in [5.74, 6) is -0.423. The second-order valence-corrected chi connectivity index (χ2v) is 13.3. The second kappa shape index (κ2) is 10.3. The number of pyridine rings is 1. The third-order valence-corrected chi connectivity index (χ3v) is 8.19. The van der Waals surface area contributed by atoms with E-state index >= 15 is 0 Å². The van der Waals surface area contributed by atoms with Gasteiger partial charge in [-0.1, -0.05) is 29.8 Å². The zero-order chi connectivity index (χ0) is 27.7. The Balaban J connectivity index is 1.61. The smallest absolute Gasteiger partial charge is 0.413 e. The summed E-state index contributed by atoms with van der Waals surface area (Å²) in [7, 11) is -8.40. The van der Waals surface area contributed by atoms with Crippen LogP contribution < -0.4 is 10.0 Å². The van der Waals surface area contributed by atoms with E-state index in [2.05, 4.69) is 15.0 Å². The summed E-state index contributed by atoms with van der Waals surface area (Å²) in [6.45, 7) is 5.11. The lowest BCUT2D eigenvalue weighted by molar-refractivity contribution is 0.0635. The highest BCUT2D eigenvalue weighted by molar-refractivity contribution is 7.93. The number of hydrogen-bond acceptors (Lipinski definition) is 8. The van der Waals surface area contributed by atoms with Crippen molar-refractivity contribution in [1.82, 2.24) is 4.98 Å². The van der Waals surface area contributed by atoms with Gasteiger partial charge in [-0.25, -0.2) is 18.2 Å². The SMILES string of the molecule is CC(C)(C)OC(=O)Nc1cc(CS(=O)(=O)c2ccc(Cl)cc2NS(=O)(=O)c2cc3ccccc3o2)ccn1. The molecule has 200 valence electrons. The molecule has 10 nitrogen and oxygen atoms in total. The van der Waals surface area contributed by atoms with Crippen LogP contribution in [0.3, 0.4) is 0 Å². The number of amides is 1. The molecule has 0 saturated heterocycles. The molecule has 0 bridgehead atoms. The largest absolute Gasteiger partial charge is 0.444 e. The molecule has 0 unspecified atom stereocenters. The lowest BCUT2D eigenvalue weighted by Gasteiger charge is -2.19. The Labute approximate surface area is 224 Å². The first-order valence-corrected chi connectivity index (χ1v) is 14.7. The number of aromatic nitrogens is 1. The van der Waals surface area contributed by atoms with Gasteiger partial charge < -0.3 is 9.15 Å². The number of furan rings is 1. The number of halogens is 1. The molecular formula is C25H24ClN3O7S2. The molecule has 0 aliphatic carbocycles. The Hall–Kier alpha value is -3.61. The number of anilines is 2. The third-order valence-electron chi connectivity index (χ3n) is 5.00. The Kier molecular flexibility index (Phi) is 7.42. The number of ether oxygens (including phenoxy) is 1. The minimum atomic E-state index is -4.29. The van der Waals surface area contributed by atoms with E-state index in [-0.39, 0.29) is 26.5 Å². The summed E-state index contributed by atoms with van der Waals surface area (Å²) in [6.07, 6.45) is 0.593. The van der Waals surface area contributed by atoms with Crippen LogP contribution in [-0.4, -0.2) is 33.5 Å². The molecule has 0 fully saturated rings. The molecule has 2 aromatic carbocycles. The van der Waals surface area contributed by atoms with Gasteiger partial charge >= 0.3 is 6.09 Å². The average Bonchev–Trinajstić information content (AvgIpc) is 3.23. The van der Waals surface area contributed by atoms with E-state index in [1.807, 2.05) is 0 Å². The summed E-state index contributed by atoms with van der Waals surface area (Å²) in [6, 6.07) is 14.7. The number of sulfonamides is 1. The highest BCUT2D eigenvalue weighted by Gasteiger charge is 2.26. The predicted molar refractivity (Wildman–Crippen MR) is 143 cm³/mol. The van der Waals surface area contributed by atoms with E-state index in [4.69, 9.17) is 20.8 Å². The van der Waals surface area contributed by atoms with Crippen molar-refractivity contribution in [2.75, 3.05) is 10.0 Å². The molecule has 38 heavy (non-hydrogen) atoms. The quantitative estimate of drug-likeness (QED) is 0.288. The molecular weight excluding hydrogens is 554 g/mol. The summed E-state index contributed by atoms with van der Waals surface area (Å²) >= 11 is 6.07. The van der Waals surface area contributed by atoms with Gasteiger partial charge in [0.1, 0.15) is 17.0 Å². The molecule has 1 amide bonds. The zero-order valence-corrected chi connectivity index (χ0v) is 22.9. The van der Waals surface area contributed by atoms with Gasteiger partial charge in [-0.2, -0.15) is 8.42 Å². The van der Waals surface area contributed by atoms with E-state index < -0.39 is 37.3 Å². The Morgan fingerprint density at radius 3 is 2.47 bits per heavy atom. The van der Waals surface area contributed by atoms with Crippen LogP contribution in [0.5, 0.6) is 0 Å². The van der Waals surface area contributed by atoms with Gasteiger partial charge in [0.2, 0.25) is 5.09 Å². The summed E-state index contributed by atoms with van der Waals surface area (Å²) in [4.78, 5) is 15.8. The number of hydrogen-bond donors (Lipinski definition) is 2. The lowest BCUT2D eigenvalue weighted by atomic mass is 10.2. The highest BCUT2D eigenvalue weighted by Crippen LogP contribution is 2.31. The van der Waals surface area contributed by atoms with Crippen LogP contribution in [0.15, 0.2) is 81.3 Å². The second-order valence-electron chi connectivity index (χ2n) is 9.28. The fourth-order valence-corrected chi connectivity index (χ4v) is 6.25. The maximum absolute atomic E-state index is 13.4. The van der Waals surface area contributed by atoms with Crippen LogP contribution in [0.1, 0.15) is 26.3 Å². The van der Waals surface area contributed by atoms with Crippen molar-refractivity contribution in [2.45, 2.75) is 42.1 Å². The topological polar surface area (TPSA) is 145 Å². The number of para-hydroxylation sites is 1. The number of carbonyl (C=O) groups excluding carboxylic acids is 1. The zero-order valence-electron chi connectivity index (χ0n) is 20.6. The van der Waals surface area contributed by atoms with Gasteiger partial charge in [0.05, 0.1) is 16.3 Å². The number of rotatable bonds is 7. The highest BCUT2D eigenvalue weighted by atomic mass is 35.5. The van der Waals surface area contributed by atoms with Crippen LogP contribution in [0.2, 0.25) is 5.02 Å². The van der Waals surface area contributed by atoms with Crippen LogP contribution in [0.25, 0.3) is 11.0 Å². The van der Waals surface area contributed by atoms with Crippen molar-refractivity contribution in [2.24, 2.45) is 0 Å². The van der Waals surface area contributed by atoms with E-state index in [9.17, 15) is 21.6 Å². The van der Waals surface area contributed by atoms with Gasteiger partial charge in [-0.3, -0.25) is 10.0 Å². The van der Waals surface area contributed by atoms with Gasteiger partial charge in [-0.15, -0.1) is 0 Å². The molecule has 0 radical (unpaired) electrons. The monoisotopic (exact) mass is 577 g/mol. The molecule has 0 atom stereocenters. The average molecular weight is 578 g/mol. The standard InChI is InChI=1S/C25H24ClN3O7S2/c1-25(2,3)36-24(30)28-22-12-16(10-11-27-22)15-37(31,32)21-9-8-18(26)14-19(21)29-38(33,34)23-13-17-6-4-5-7-20(17)35-23/h4-14,29H,15H2,1-3H3,(H,27,28,30). The minimum absolute atomic E-state index is 0.0915. The molecule has 0 spiro atoms. The maximum Gasteiger partial charge on any atom is 0.413 e. The van der Waals surface area contributed by atoms with E-state index in [0.29, 0.717) is 16.5 Å². The number of carbonyl (C=O) groups is 1. The van der Waals surface area contributed by atoms with Crippen molar-refractivity contribution in [3.05, 3.63) is 77.4 Å². The first-order valence-electron chi connectivity index (χ1n) is 11.2. The van der Waals surface area contributed by atoms with Crippen molar-refractivity contribution in [1.29, 1.82) is 0 Å². The Morgan fingerprint density at radius 1 is 1.03 bits per heavy atom. The first kappa shape index (κ1) is 27.4. The van der Waals surface area contributed by atoms with E-state index in [1.54, 1.807) is 45.0 Å². The third kappa shape index (κ3) is 6.63. The normalized spacial score (nSPS) is 12.3. The summed E-state index contributed by atoms with van der Waals surface area (Å²) in [5.41, 5.74) is -0.308. The van der Waals surface area contributed by atoms with Crippen molar-refractivity contribution in [3.63, 3.8) is 0 Å². The fourth-order valence-electron chi connectivity index (χ4n) is 3.48. The summed E-state index contributed by atoms with van der Waals surface area (Å²) in [5, 5.41) is 2.77. The van der Waals surface area contributed by atoms with E-state index in [0.717, 1.165) is 0 Å². The van der Waals surface area contributed by atoms with Gasteiger partial charge in [-0.05, 0) is 62.7 Å². The number of nitrogens with one attached hydrogen (secondary N) is 2. The minimum Gasteiger partial charge on any atom is -0.444 e. The van der Waals surface area contributed by atoms with Crippen LogP contribution in [-0.2, 0) is 30.4 Å². The van der Waals surface area contributed by atoms with Gasteiger partial charge in [0.15, 0.2) is 9.84 Å². The molecule has 4 aromatic rings. The van der Waals surface area contributed by atoms with Crippen molar-refractivity contribution >= 4 is 60.0 Å². The lowest BCUT2D eigenvalue weighted by Crippen LogP contribution is -2.27. The number of benzene rings is 2. The van der Waals surface area contributed by atoms with Gasteiger partial charge in [0.25, 0.3) is 10.0 Å². The number of sulfone groups is 1. The number of nitrogens with zero attached hydrogens (tertiary/aromatic N) is 1. The van der Waals surface area contributed by atoms with Gasteiger partial charge in [0, 0.05) is 22.7 Å². The molecule has 0 aliphatic heterocycles.